The molecular weight excluding hydrogens is 1170 g/mol. The molecule has 0 N–H and O–H groups in total. The Bertz CT molecular complexity index is 6410. The van der Waals surface area contributed by atoms with Gasteiger partial charge in [0.1, 0.15) is 22.3 Å². The van der Waals surface area contributed by atoms with Gasteiger partial charge in [-0.1, -0.05) is 176 Å². The van der Waals surface area contributed by atoms with Gasteiger partial charge in [0.05, 0.1) is 22.1 Å². The lowest BCUT2D eigenvalue weighted by Crippen LogP contribution is -2.10. The average molecular weight is 1210 g/mol. The first-order valence-electron chi connectivity index (χ1n) is 30.8. The number of nitrogens with zero attached hydrogens (tertiary/aromatic N) is 2. The van der Waals surface area contributed by atoms with Crippen molar-refractivity contribution in [3.05, 3.63) is 291 Å². The quantitative estimate of drug-likeness (QED) is 0.152. The summed E-state index contributed by atoms with van der Waals surface area (Å²) in [6, 6.07) is 107. The second-order valence-electron chi connectivity index (χ2n) is 23.8. The molecule has 20 rings (SSSR count). The van der Waals surface area contributed by atoms with Crippen LogP contribution in [0.15, 0.2) is 300 Å². The number of rotatable bonds is 8. The number of fused-ring (bicyclic) bond motifs is 22. The van der Waals surface area contributed by atoms with Crippen LogP contribution in [0.3, 0.4) is 0 Å². The monoisotopic (exact) mass is 1210 g/mol. The maximum atomic E-state index is 6.85. The van der Waals surface area contributed by atoms with Crippen molar-refractivity contribution >= 4 is 205 Å². The summed E-state index contributed by atoms with van der Waals surface area (Å²) in [6.07, 6.45) is 0. The zero-order valence-corrected chi connectivity index (χ0v) is 51.1. The summed E-state index contributed by atoms with van der Waals surface area (Å²) >= 11 is 5.60. The van der Waals surface area contributed by atoms with Gasteiger partial charge in [-0.05, 0) is 164 Å². The van der Waals surface area contributed by atoms with E-state index in [0.29, 0.717) is 0 Å². The smallest absolute Gasteiger partial charge is 0.137 e. The molecule has 5 heterocycles. The minimum absolute atomic E-state index is 0.869. The van der Waals surface area contributed by atoms with Crippen molar-refractivity contribution in [1.82, 2.24) is 0 Å². The maximum absolute atomic E-state index is 6.85. The Hall–Kier alpha value is -11.1. The van der Waals surface area contributed by atoms with Crippen LogP contribution in [0.4, 0.5) is 34.1 Å². The molecule has 0 saturated carbocycles. The normalized spacial score (nSPS) is 12.2. The van der Waals surface area contributed by atoms with Gasteiger partial charge in [-0.15, -0.1) is 34.0 Å². The highest BCUT2D eigenvalue weighted by Gasteiger charge is 2.26. The number of hydrogen-bond donors (Lipinski definition) is 0. The number of anilines is 6. The molecule has 0 radical (unpaired) electrons. The topological polar surface area (TPSA) is 32.8 Å². The predicted molar refractivity (Wildman–Crippen MR) is 392 cm³/mol. The van der Waals surface area contributed by atoms with Crippen molar-refractivity contribution in [2.45, 2.75) is 0 Å². The molecule has 0 amide bonds. The van der Waals surface area contributed by atoms with Crippen LogP contribution in [0, 0.1) is 0 Å². The van der Waals surface area contributed by atoms with E-state index in [2.05, 4.69) is 301 Å². The highest BCUT2D eigenvalue weighted by molar-refractivity contribution is 7.28. The Morgan fingerprint density at radius 3 is 1.33 bits per heavy atom. The second kappa shape index (κ2) is 19.7. The summed E-state index contributed by atoms with van der Waals surface area (Å²) in [7, 11) is 0. The number of hydrogen-bond acceptors (Lipinski definition) is 7. The molecule has 7 heteroatoms. The first kappa shape index (κ1) is 50.9. The van der Waals surface area contributed by atoms with E-state index in [0.717, 1.165) is 83.6 Å². The van der Waals surface area contributed by atoms with Crippen molar-refractivity contribution in [2.24, 2.45) is 0 Å². The van der Waals surface area contributed by atoms with Crippen LogP contribution in [0.2, 0.25) is 0 Å². The molecule has 0 fully saturated rings. The van der Waals surface area contributed by atoms with Gasteiger partial charge in [0.15, 0.2) is 0 Å². The SMILES string of the molecule is c1ccc(N(c2ccc(-c3cccc4ccc(-c5ccc6ccc7c8ccc9oc%10cccc(N(c%11ccccc%11)c%11ccc%12c(c%11)sc%11ccccc%11%12)c%10c9c8sc7c6c5)cc34)cc2)c2cccc3oc4ccc5c6ccc7ccccc7c6sc5c4c23)cc1. The second-order valence-corrected chi connectivity index (χ2v) is 26.9. The lowest BCUT2D eigenvalue weighted by atomic mass is 9.93. The van der Waals surface area contributed by atoms with Gasteiger partial charge in [0.2, 0.25) is 0 Å². The molecule has 0 spiro atoms. The van der Waals surface area contributed by atoms with Gasteiger partial charge in [-0.3, -0.25) is 0 Å². The van der Waals surface area contributed by atoms with E-state index in [1.54, 1.807) is 0 Å². The third-order valence-corrected chi connectivity index (χ3v) is 22.5. The number of thiophene rings is 3. The number of para-hydroxylation sites is 2. The summed E-state index contributed by atoms with van der Waals surface area (Å²) in [5.74, 6) is 0. The van der Waals surface area contributed by atoms with Crippen LogP contribution < -0.4 is 9.80 Å². The molecular formula is C84H48N2O2S3. The molecule has 4 nitrogen and oxygen atoms in total. The van der Waals surface area contributed by atoms with Gasteiger partial charge in [0.25, 0.3) is 0 Å². The number of furan rings is 2. The molecule has 91 heavy (non-hydrogen) atoms. The fourth-order valence-electron chi connectivity index (χ4n) is 14.6. The Labute approximate surface area is 533 Å². The van der Waals surface area contributed by atoms with E-state index in [4.69, 9.17) is 8.83 Å². The molecule has 5 aromatic heterocycles. The van der Waals surface area contributed by atoms with E-state index in [1.165, 1.54) is 110 Å². The van der Waals surface area contributed by atoms with Crippen LogP contribution in [-0.4, -0.2) is 0 Å². The van der Waals surface area contributed by atoms with Crippen LogP contribution in [0.25, 0.3) is 159 Å². The highest BCUT2D eigenvalue weighted by atomic mass is 32.1. The summed E-state index contributed by atoms with van der Waals surface area (Å²) in [5.41, 5.74) is 14.7. The summed E-state index contributed by atoms with van der Waals surface area (Å²) in [4.78, 5) is 4.80. The third-order valence-electron chi connectivity index (χ3n) is 18.8. The van der Waals surface area contributed by atoms with E-state index in [-0.39, 0.29) is 0 Å². The largest absolute Gasteiger partial charge is 0.456 e. The van der Waals surface area contributed by atoms with Crippen LogP contribution in [0.5, 0.6) is 0 Å². The summed E-state index contributed by atoms with van der Waals surface area (Å²) in [6.45, 7) is 0. The summed E-state index contributed by atoms with van der Waals surface area (Å²) in [5, 5.41) is 19.5. The fraction of sp³-hybridized carbons (Fsp3) is 0. The Morgan fingerprint density at radius 1 is 0.231 bits per heavy atom. The molecule has 15 aromatic carbocycles. The highest BCUT2D eigenvalue weighted by Crippen LogP contribution is 2.52. The molecule has 0 bridgehead atoms. The minimum Gasteiger partial charge on any atom is -0.456 e. The lowest BCUT2D eigenvalue weighted by Gasteiger charge is -2.26. The van der Waals surface area contributed by atoms with Crippen molar-refractivity contribution in [3.8, 4) is 22.3 Å². The summed E-state index contributed by atoms with van der Waals surface area (Å²) < 4.78 is 21.2. The van der Waals surface area contributed by atoms with Gasteiger partial charge >= 0.3 is 0 Å². The fourth-order valence-corrected chi connectivity index (χ4v) is 18.5. The van der Waals surface area contributed by atoms with E-state index >= 15 is 0 Å². The van der Waals surface area contributed by atoms with Gasteiger partial charge in [-0.2, -0.15) is 0 Å². The Morgan fingerprint density at radius 2 is 0.670 bits per heavy atom. The van der Waals surface area contributed by atoms with Crippen LogP contribution >= 0.6 is 34.0 Å². The van der Waals surface area contributed by atoms with E-state index in [1.807, 2.05) is 34.0 Å². The van der Waals surface area contributed by atoms with Gasteiger partial charge in [0, 0.05) is 99.4 Å². The first-order valence-corrected chi connectivity index (χ1v) is 33.2. The molecule has 0 unspecified atom stereocenters. The zero-order valence-electron chi connectivity index (χ0n) is 48.6. The van der Waals surface area contributed by atoms with Crippen molar-refractivity contribution in [3.63, 3.8) is 0 Å². The lowest BCUT2D eigenvalue weighted by molar-refractivity contribution is 0.669. The molecule has 0 aliphatic rings. The van der Waals surface area contributed by atoms with Gasteiger partial charge in [-0.25, -0.2) is 0 Å². The van der Waals surface area contributed by atoms with Gasteiger partial charge < -0.3 is 18.6 Å². The number of benzene rings is 15. The predicted octanol–water partition coefficient (Wildman–Crippen LogP) is 26.3. The van der Waals surface area contributed by atoms with Crippen molar-refractivity contribution < 1.29 is 8.83 Å². The average Bonchev–Trinajstić information content (AvgIpc) is 1.59. The minimum atomic E-state index is 0.869. The standard InChI is InChI=1S/C84H48N2O2S3/c1-3-16-55(17-4-1)85(69-23-12-25-71-77(69)79-73(87-71)44-42-65-63-39-34-49-14-7-8-20-60(49)81(63)90-83(65)79)57-36-32-51(33-37-57)59-22-11-15-50-28-30-53(46-67(50)59)54-31-29-52-35-40-64-66-43-45-74-80(84(66)91-82(64)68(52)47-54)78-70(24-13-26-72(78)88-74)86(56-18-5-2-6-19-56)58-38-41-62-61-21-9-10-27-75(61)89-76(62)48-58/h1-48H. The van der Waals surface area contributed by atoms with Crippen LogP contribution in [-0.2, 0) is 0 Å². The Balaban J connectivity index is 0.694. The maximum Gasteiger partial charge on any atom is 0.137 e. The van der Waals surface area contributed by atoms with Crippen LogP contribution in [0.1, 0.15) is 0 Å². The van der Waals surface area contributed by atoms with E-state index < -0.39 is 0 Å². The Kier molecular flexibility index (Phi) is 11.0. The molecule has 0 saturated heterocycles. The zero-order chi connectivity index (χ0) is 59.4. The molecule has 0 aliphatic carbocycles. The third kappa shape index (κ3) is 7.73. The molecule has 0 atom stereocenters. The molecule has 20 aromatic rings. The molecule has 0 aliphatic heterocycles. The van der Waals surface area contributed by atoms with E-state index in [9.17, 15) is 0 Å². The first-order chi connectivity index (χ1) is 45.1. The van der Waals surface area contributed by atoms with Crippen molar-refractivity contribution in [2.75, 3.05) is 9.80 Å². The van der Waals surface area contributed by atoms with Crippen molar-refractivity contribution in [1.29, 1.82) is 0 Å². The molecule has 424 valence electrons.